The highest BCUT2D eigenvalue weighted by molar-refractivity contribution is 5.94. The van der Waals surface area contributed by atoms with Crippen molar-refractivity contribution in [2.45, 2.75) is 38.9 Å². The Bertz CT molecular complexity index is 513. The number of piperidine rings is 1. The molecule has 122 valence electrons. The van der Waals surface area contributed by atoms with Crippen LogP contribution in [0, 0.1) is 5.92 Å². The summed E-state index contributed by atoms with van der Waals surface area (Å²) in [5.41, 5.74) is -0.335. The van der Waals surface area contributed by atoms with E-state index in [9.17, 15) is 18.0 Å². The monoisotopic (exact) mass is 314 g/mol. The van der Waals surface area contributed by atoms with E-state index in [0.29, 0.717) is 11.6 Å². The van der Waals surface area contributed by atoms with Gasteiger partial charge in [0, 0.05) is 12.2 Å². The second-order valence-electron chi connectivity index (χ2n) is 5.98. The Balaban J connectivity index is 1.96. The Kier molecular flexibility index (Phi) is 5.11. The van der Waals surface area contributed by atoms with Gasteiger partial charge in [0.05, 0.1) is 11.6 Å². The van der Waals surface area contributed by atoms with Crippen LogP contribution in [0.4, 0.5) is 18.9 Å². The lowest BCUT2D eigenvalue weighted by Crippen LogP contribution is -2.46. The lowest BCUT2D eigenvalue weighted by Gasteiger charge is -2.34. The minimum absolute atomic E-state index is 0.186. The first kappa shape index (κ1) is 16.8. The maximum atomic E-state index is 12.5. The van der Waals surface area contributed by atoms with Gasteiger partial charge in [-0.2, -0.15) is 13.2 Å². The van der Waals surface area contributed by atoms with Crippen molar-refractivity contribution in [3.8, 4) is 0 Å². The van der Waals surface area contributed by atoms with E-state index in [1.807, 2.05) is 6.92 Å². The number of nitrogens with zero attached hydrogens (tertiary/aromatic N) is 1. The fourth-order valence-electron chi connectivity index (χ4n) is 2.73. The zero-order valence-corrected chi connectivity index (χ0v) is 12.8. The summed E-state index contributed by atoms with van der Waals surface area (Å²) >= 11 is 0. The largest absolute Gasteiger partial charge is 0.416 e. The maximum absolute atomic E-state index is 12.5. The van der Waals surface area contributed by atoms with E-state index >= 15 is 0 Å². The molecule has 0 aliphatic carbocycles. The highest BCUT2D eigenvalue weighted by atomic mass is 19.4. The number of carbonyl (C=O) groups excluding carboxylic acids is 1. The summed E-state index contributed by atoms with van der Waals surface area (Å²) in [6.45, 7) is 5.75. The molecule has 1 fully saturated rings. The lowest BCUT2D eigenvalue weighted by molar-refractivity contribution is -0.137. The van der Waals surface area contributed by atoms with E-state index in [1.165, 1.54) is 18.6 Å². The average Bonchev–Trinajstić information content (AvgIpc) is 2.46. The minimum Gasteiger partial charge on any atom is -0.325 e. The topological polar surface area (TPSA) is 32.3 Å². The van der Waals surface area contributed by atoms with E-state index in [0.717, 1.165) is 31.6 Å². The molecule has 0 bridgehead atoms. The first-order valence-corrected chi connectivity index (χ1v) is 7.49. The molecule has 1 heterocycles. The van der Waals surface area contributed by atoms with E-state index in [4.69, 9.17) is 0 Å². The number of halogens is 3. The van der Waals surface area contributed by atoms with Crippen LogP contribution in [0.5, 0.6) is 0 Å². The van der Waals surface area contributed by atoms with Gasteiger partial charge in [-0.1, -0.05) is 6.92 Å². The molecule has 1 amide bonds. The number of carbonyl (C=O) groups is 1. The number of alkyl halides is 3. The number of anilines is 1. The third-order valence-electron chi connectivity index (χ3n) is 4.10. The fraction of sp³-hybridized carbons (Fsp3) is 0.562. The van der Waals surface area contributed by atoms with E-state index < -0.39 is 11.7 Å². The van der Waals surface area contributed by atoms with Crippen molar-refractivity contribution in [2.75, 3.05) is 18.4 Å². The SMILES string of the molecule is C[C@@H]1CCCN([C@@H](C)C(=O)Nc2ccc(C(F)(F)F)cc2)C1. The van der Waals surface area contributed by atoms with Gasteiger partial charge in [0.2, 0.25) is 5.91 Å². The molecule has 1 aromatic rings. The normalized spacial score (nSPS) is 21.4. The second-order valence-corrected chi connectivity index (χ2v) is 5.98. The van der Waals surface area contributed by atoms with Gasteiger partial charge >= 0.3 is 6.18 Å². The van der Waals surface area contributed by atoms with Crippen LogP contribution in [-0.2, 0) is 11.0 Å². The van der Waals surface area contributed by atoms with Gasteiger partial charge in [-0.05, 0) is 56.5 Å². The van der Waals surface area contributed by atoms with Crippen LogP contribution in [0.2, 0.25) is 0 Å². The van der Waals surface area contributed by atoms with Crippen molar-refractivity contribution < 1.29 is 18.0 Å². The standard InChI is InChI=1S/C16H21F3N2O/c1-11-4-3-9-21(10-11)12(2)15(22)20-14-7-5-13(6-8-14)16(17,18)19/h5-8,11-12H,3-4,9-10H2,1-2H3,(H,20,22)/t11-,12+/m1/s1. The molecule has 1 N–H and O–H groups in total. The maximum Gasteiger partial charge on any atom is 0.416 e. The van der Waals surface area contributed by atoms with Gasteiger partial charge in [0.25, 0.3) is 0 Å². The smallest absolute Gasteiger partial charge is 0.325 e. The number of hydrogen-bond donors (Lipinski definition) is 1. The third kappa shape index (κ3) is 4.22. The fourth-order valence-corrected chi connectivity index (χ4v) is 2.73. The lowest BCUT2D eigenvalue weighted by atomic mass is 9.99. The van der Waals surface area contributed by atoms with E-state index in [-0.39, 0.29) is 11.9 Å². The molecule has 3 nitrogen and oxygen atoms in total. The number of nitrogens with one attached hydrogen (secondary N) is 1. The minimum atomic E-state index is -4.36. The zero-order chi connectivity index (χ0) is 16.3. The van der Waals surface area contributed by atoms with Gasteiger partial charge in [-0.3, -0.25) is 9.69 Å². The van der Waals surface area contributed by atoms with Crippen LogP contribution >= 0.6 is 0 Å². The first-order chi connectivity index (χ1) is 10.3. The van der Waals surface area contributed by atoms with Crippen molar-refractivity contribution in [2.24, 2.45) is 5.92 Å². The summed E-state index contributed by atoms with van der Waals surface area (Å²) in [5, 5.41) is 2.68. The quantitative estimate of drug-likeness (QED) is 0.921. The highest BCUT2D eigenvalue weighted by Crippen LogP contribution is 2.29. The highest BCUT2D eigenvalue weighted by Gasteiger charge is 2.30. The Morgan fingerprint density at radius 1 is 1.32 bits per heavy atom. The Hall–Kier alpha value is -1.56. The van der Waals surface area contributed by atoms with Crippen LogP contribution < -0.4 is 5.32 Å². The molecule has 22 heavy (non-hydrogen) atoms. The molecule has 0 saturated carbocycles. The average molecular weight is 314 g/mol. The van der Waals surface area contributed by atoms with Crippen LogP contribution in [0.1, 0.15) is 32.3 Å². The molecule has 1 aliphatic heterocycles. The number of rotatable bonds is 3. The predicted molar refractivity (Wildman–Crippen MR) is 79.5 cm³/mol. The molecule has 0 spiro atoms. The van der Waals surface area contributed by atoms with E-state index in [2.05, 4.69) is 17.1 Å². The summed E-state index contributed by atoms with van der Waals surface area (Å²) in [5.74, 6) is 0.379. The predicted octanol–water partition coefficient (Wildman–Crippen LogP) is 3.76. The Morgan fingerprint density at radius 3 is 2.50 bits per heavy atom. The third-order valence-corrected chi connectivity index (χ3v) is 4.10. The summed E-state index contributed by atoms with van der Waals surface area (Å²) < 4.78 is 37.5. The Labute approximate surface area is 128 Å². The van der Waals surface area contributed by atoms with Crippen LogP contribution in [0.15, 0.2) is 24.3 Å². The van der Waals surface area contributed by atoms with Crippen molar-refractivity contribution in [3.05, 3.63) is 29.8 Å². The van der Waals surface area contributed by atoms with Gasteiger partial charge in [-0.15, -0.1) is 0 Å². The molecule has 6 heteroatoms. The Morgan fingerprint density at radius 2 is 1.95 bits per heavy atom. The molecular formula is C16H21F3N2O. The molecular weight excluding hydrogens is 293 g/mol. The molecule has 2 atom stereocenters. The van der Waals surface area contributed by atoms with Crippen molar-refractivity contribution >= 4 is 11.6 Å². The summed E-state index contributed by atoms with van der Waals surface area (Å²) in [6, 6.07) is 4.23. The molecule has 1 saturated heterocycles. The van der Waals surface area contributed by atoms with Crippen molar-refractivity contribution in [1.29, 1.82) is 0 Å². The molecule has 1 aromatic carbocycles. The molecule has 0 unspecified atom stereocenters. The van der Waals surface area contributed by atoms with Gasteiger partial charge in [0.15, 0.2) is 0 Å². The van der Waals surface area contributed by atoms with Gasteiger partial charge < -0.3 is 5.32 Å². The molecule has 0 aromatic heterocycles. The van der Waals surface area contributed by atoms with Crippen LogP contribution in [0.25, 0.3) is 0 Å². The summed E-state index contributed by atoms with van der Waals surface area (Å²) in [6.07, 6.45) is -2.12. The number of hydrogen-bond acceptors (Lipinski definition) is 2. The number of benzene rings is 1. The number of likely N-dealkylation sites (tertiary alicyclic amines) is 1. The molecule has 2 rings (SSSR count). The molecule has 0 radical (unpaired) electrons. The summed E-state index contributed by atoms with van der Waals surface area (Å²) in [4.78, 5) is 14.3. The van der Waals surface area contributed by atoms with Crippen molar-refractivity contribution in [3.63, 3.8) is 0 Å². The summed E-state index contributed by atoms with van der Waals surface area (Å²) in [7, 11) is 0. The van der Waals surface area contributed by atoms with Crippen LogP contribution in [-0.4, -0.2) is 29.9 Å². The number of amides is 1. The second kappa shape index (κ2) is 6.69. The van der Waals surface area contributed by atoms with Gasteiger partial charge in [0.1, 0.15) is 0 Å². The molecule has 1 aliphatic rings. The van der Waals surface area contributed by atoms with Gasteiger partial charge in [-0.25, -0.2) is 0 Å². The zero-order valence-electron chi connectivity index (χ0n) is 12.8. The van der Waals surface area contributed by atoms with E-state index in [1.54, 1.807) is 0 Å². The van der Waals surface area contributed by atoms with Crippen LogP contribution in [0.3, 0.4) is 0 Å². The van der Waals surface area contributed by atoms with Crippen molar-refractivity contribution in [1.82, 2.24) is 4.90 Å². The first-order valence-electron chi connectivity index (χ1n) is 7.49.